The maximum atomic E-state index is 11.6. The number of rotatable bonds is 1. The van der Waals surface area contributed by atoms with Crippen LogP contribution in [-0.2, 0) is 9.59 Å². The molecule has 0 unspecified atom stereocenters. The fourth-order valence-corrected chi connectivity index (χ4v) is 0.671. The van der Waals surface area contributed by atoms with Crippen molar-refractivity contribution in [1.82, 2.24) is 10.9 Å². The second-order valence-corrected chi connectivity index (χ2v) is 3.06. The molecule has 88 valence electrons. The molecular weight excluding hydrogens is 239 g/mol. The summed E-state index contributed by atoms with van der Waals surface area (Å²) >= 11 is 0. The van der Waals surface area contributed by atoms with Crippen LogP contribution >= 0.6 is 12.4 Å². The molecule has 0 heterocycles. The summed E-state index contributed by atoms with van der Waals surface area (Å²) in [6.07, 6.45) is -4.21. The molecule has 5 nitrogen and oxygen atoms in total. The molecule has 1 aliphatic rings. The molecule has 1 saturated carbocycles. The number of hydrogen-bond donors (Lipinski definition) is 3. The van der Waals surface area contributed by atoms with Crippen molar-refractivity contribution >= 4 is 24.2 Å². The molecule has 1 aliphatic carbocycles. The fourth-order valence-electron chi connectivity index (χ4n) is 0.671. The summed E-state index contributed by atoms with van der Waals surface area (Å²) in [4.78, 5) is 21.2. The highest BCUT2D eigenvalue weighted by atomic mass is 35.5. The zero-order valence-electron chi connectivity index (χ0n) is 7.35. The van der Waals surface area contributed by atoms with Gasteiger partial charge in [-0.25, -0.2) is 0 Å². The van der Waals surface area contributed by atoms with E-state index in [-0.39, 0.29) is 12.4 Å². The first-order valence-corrected chi connectivity index (χ1v) is 3.72. The molecule has 15 heavy (non-hydrogen) atoms. The van der Waals surface area contributed by atoms with Gasteiger partial charge in [0.1, 0.15) is 0 Å². The van der Waals surface area contributed by atoms with E-state index in [9.17, 15) is 22.8 Å². The molecule has 1 fully saturated rings. The number of amides is 2. The lowest BCUT2D eigenvalue weighted by Crippen LogP contribution is -2.53. The predicted octanol–water partition coefficient (Wildman–Crippen LogP) is -0.391. The van der Waals surface area contributed by atoms with Crippen LogP contribution in [0.1, 0.15) is 12.8 Å². The Kier molecular flexibility index (Phi) is 3.94. The molecule has 0 radical (unpaired) electrons. The van der Waals surface area contributed by atoms with Gasteiger partial charge in [0, 0.05) is 0 Å². The van der Waals surface area contributed by atoms with Crippen LogP contribution in [0.15, 0.2) is 0 Å². The zero-order chi connectivity index (χ0) is 11.0. The first-order chi connectivity index (χ1) is 6.26. The summed E-state index contributed by atoms with van der Waals surface area (Å²) in [5.41, 5.74) is 7.06. The minimum Gasteiger partial charge on any atom is -0.317 e. The molecule has 9 heteroatoms. The average Bonchev–Trinajstić information content (AvgIpc) is 2.78. The second-order valence-electron chi connectivity index (χ2n) is 3.06. The van der Waals surface area contributed by atoms with Crippen LogP contribution in [0.4, 0.5) is 13.2 Å². The van der Waals surface area contributed by atoms with E-state index < -0.39 is 23.5 Å². The third-order valence-electron chi connectivity index (χ3n) is 1.79. The summed E-state index contributed by atoms with van der Waals surface area (Å²) in [5, 5.41) is 0. The summed E-state index contributed by atoms with van der Waals surface area (Å²) in [6.45, 7) is 0. The molecule has 0 saturated heterocycles. The maximum absolute atomic E-state index is 11.6. The highest BCUT2D eigenvalue weighted by Gasteiger charge is 2.47. The molecule has 0 aliphatic heterocycles. The van der Waals surface area contributed by atoms with E-state index in [4.69, 9.17) is 5.73 Å². The van der Waals surface area contributed by atoms with E-state index in [0.717, 1.165) is 0 Å². The lowest BCUT2D eigenvalue weighted by Gasteiger charge is -2.11. The van der Waals surface area contributed by atoms with Crippen molar-refractivity contribution in [2.24, 2.45) is 5.73 Å². The number of hydrogen-bond acceptors (Lipinski definition) is 3. The number of nitrogens with two attached hydrogens (primary N) is 1. The standard InChI is InChI=1S/C6H8F3N3O2.ClH/c7-6(8,9)4(14)12-11-3(13)5(10)1-2-5;/h1-2,10H2,(H,11,13)(H,12,14);1H. The molecule has 2 amide bonds. The topological polar surface area (TPSA) is 84.2 Å². The predicted molar refractivity (Wildman–Crippen MR) is 45.7 cm³/mol. The van der Waals surface area contributed by atoms with Crippen molar-refractivity contribution in [2.75, 3.05) is 0 Å². The fraction of sp³-hybridized carbons (Fsp3) is 0.667. The molecule has 4 N–H and O–H groups in total. The highest BCUT2D eigenvalue weighted by molar-refractivity contribution is 5.91. The van der Waals surface area contributed by atoms with Crippen LogP contribution in [0.5, 0.6) is 0 Å². The monoisotopic (exact) mass is 247 g/mol. The summed E-state index contributed by atoms with van der Waals surface area (Å²) in [6, 6.07) is 0. The normalized spacial score (nSPS) is 17.3. The van der Waals surface area contributed by atoms with Gasteiger partial charge in [-0.2, -0.15) is 13.2 Å². The van der Waals surface area contributed by atoms with E-state index in [1.807, 2.05) is 0 Å². The van der Waals surface area contributed by atoms with Gasteiger partial charge in [-0.3, -0.25) is 20.4 Å². The number of halogens is 4. The summed E-state index contributed by atoms with van der Waals surface area (Å²) in [5.74, 6) is -3.04. The van der Waals surface area contributed by atoms with Gasteiger partial charge < -0.3 is 5.73 Å². The summed E-state index contributed by atoms with van der Waals surface area (Å²) < 4.78 is 34.9. The van der Waals surface area contributed by atoms with Crippen LogP contribution < -0.4 is 16.6 Å². The van der Waals surface area contributed by atoms with E-state index in [1.165, 1.54) is 5.43 Å². The van der Waals surface area contributed by atoms with Crippen LogP contribution in [0.25, 0.3) is 0 Å². The molecular formula is C6H9ClF3N3O2. The minimum atomic E-state index is -5.02. The lowest BCUT2D eigenvalue weighted by molar-refractivity contribution is -0.175. The van der Waals surface area contributed by atoms with Gasteiger partial charge >= 0.3 is 12.1 Å². The van der Waals surface area contributed by atoms with Gasteiger partial charge in [-0.05, 0) is 12.8 Å². The second kappa shape index (κ2) is 4.23. The third kappa shape index (κ3) is 3.56. The Morgan fingerprint density at radius 3 is 2.00 bits per heavy atom. The first kappa shape index (κ1) is 14.0. The largest absolute Gasteiger partial charge is 0.472 e. The van der Waals surface area contributed by atoms with E-state index in [0.29, 0.717) is 12.8 Å². The van der Waals surface area contributed by atoms with Gasteiger partial charge in [0.25, 0.3) is 5.91 Å². The van der Waals surface area contributed by atoms with Crippen LogP contribution in [-0.4, -0.2) is 23.5 Å². The van der Waals surface area contributed by atoms with Gasteiger partial charge in [0.15, 0.2) is 0 Å². The smallest absolute Gasteiger partial charge is 0.317 e. The number of alkyl halides is 3. The minimum absolute atomic E-state index is 0. The molecule has 0 aromatic heterocycles. The Labute approximate surface area is 88.9 Å². The number of hydrazine groups is 1. The third-order valence-corrected chi connectivity index (χ3v) is 1.79. The average molecular weight is 248 g/mol. The van der Waals surface area contributed by atoms with Crippen LogP contribution in [0, 0.1) is 0 Å². The van der Waals surface area contributed by atoms with Crippen molar-refractivity contribution in [3.8, 4) is 0 Å². The van der Waals surface area contributed by atoms with Gasteiger partial charge in [-0.1, -0.05) is 0 Å². The Morgan fingerprint density at radius 1 is 1.20 bits per heavy atom. The zero-order valence-corrected chi connectivity index (χ0v) is 8.17. The molecule has 0 aromatic rings. The Hall–Kier alpha value is -1.02. The SMILES string of the molecule is Cl.NC1(C(=O)NNC(=O)C(F)(F)F)CC1. The van der Waals surface area contributed by atoms with Crippen molar-refractivity contribution < 1.29 is 22.8 Å². The summed E-state index contributed by atoms with van der Waals surface area (Å²) in [7, 11) is 0. The Morgan fingerprint density at radius 2 is 1.67 bits per heavy atom. The van der Waals surface area contributed by atoms with Gasteiger partial charge in [0.05, 0.1) is 5.54 Å². The van der Waals surface area contributed by atoms with Gasteiger partial charge in [0.2, 0.25) is 0 Å². The maximum Gasteiger partial charge on any atom is 0.472 e. The van der Waals surface area contributed by atoms with Crippen LogP contribution in [0.2, 0.25) is 0 Å². The number of carbonyl (C=O) groups excluding carboxylic acids is 2. The van der Waals surface area contributed by atoms with E-state index >= 15 is 0 Å². The number of nitrogens with one attached hydrogen (secondary N) is 2. The molecule has 0 aromatic carbocycles. The molecule has 0 spiro atoms. The van der Waals surface area contributed by atoms with Crippen LogP contribution in [0.3, 0.4) is 0 Å². The van der Waals surface area contributed by atoms with Crippen molar-refractivity contribution in [3.63, 3.8) is 0 Å². The first-order valence-electron chi connectivity index (χ1n) is 3.72. The van der Waals surface area contributed by atoms with E-state index in [1.54, 1.807) is 5.43 Å². The Balaban J connectivity index is 0.00000196. The lowest BCUT2D eigenvalue weighted by atomic mass is 10.3. The van der Waals surface area contributed by atoms with Crippen molar-refractivity contribution in [2.45, 2.75) is 24.6 Å². The Bertz CT molecular complexity index is 260. The molecule has 1 rings (SSSR count). The van der Waals surface area contributed by atoms with Crippen molar-refractivity contribution in [1.29, 1.82) is 0 Å². The highest BCUT2D eigenvalue weighted by Crippen LogP contribution is 2.31. The van der Waals surface area contributed by atoms with Crippen molar-refractivity contribution in [3.05, 3.63) is 0 Å². The van der Waals surface area contributed by atoms with E-state index in [2.05, 4.69) is 0 Å². The molecule has 0 bridgehead atoms. The quantitative estimate of drug-likeness (QED) is 0.552. The number of carbonyl (C=O) groups is 2. The van der Waals surface area contributed by atoms with Gasteiger partial charge in [-0.15, -0.1) is 12.4 Å². The molecule has 0 atom stereocenters.